The number of ether oxygens (including phenoxy) is 2. The van der Waals surface area contributed by atoms with E-state index in [0.29, 0.717) is 28.4 Å². The van der Waals surface area contributed by atoms with Gasteiger partial charge in [0.05, 0.1) is 25.8 Å². The first-order chi connectivity index (χ1) is 9.88. The predicted molar refractivity (Wildman–Crippen MR) is 72.7 cm³/mol. The van der Waals surface area contributed by atoms with Gasteiger partial charge in [0.2, 0.25) is 0 Å². The van der Waals surface area contributed by atoms with Gasteiger partial charge in [0, 0.05) is 11.1 Å². The first-order valence-corrected chi connectivity index (χ1v) is 6.69. The van der Waals surface area contributed by atoms with Crippen molar-refractivity contribution < 1.29 is 22.6 Å². The average Bonchev–Trinajstić information content (AvgIpc) is 2.95. The number of nitrogens with two attached hydrogens (primary N) is 1. The van der Waals surface area contributed by atoms with Gasteiger partial charge < -0.3 is 15.2 Å². The van der Waals surface area contributed by atoms with Crippen LogP contribution in [0.25, 0.3) is 0 Å². The lowest BCUT2D eigenvalue weighted by Crippen LogP contribution is -2.13. The van der Waals surface area contributed by atoms with E-state index in [2.05, 4.69) is 4.98 Å². The van der Waals surface area contributed by atoms with Crippen LogP contribution in [-0.2, 0) is 6.18 Å². The second-order valence-corrected chi connectivity index (χ2v) is 5.18. The Labute approximate surface area is 123 Å². The van der Waals surface area contributed by atoms with E-state index in [4.69, 9.17) is 15.2 Å². The van der Waals surface area contributed by atoms with Gasteiger partial charge in [-0.05, 0) is 12.1 Å². The van der Waals surface area contributed by atoms with Crippen molar-refractivity contribution in [3.63, 3.8) is 0 Å². The number of alkyl halides is 3. The summed E-state index contributed by atoms with van der Waals surface area (Å²) in [6.45, 7) is 0. The van der Waals surface area contributed by atoms with E-state index >= 15 is 0 Å². The summed E-state index contributed by atoms with van der Waals surface area (Å²) in [4.78, 5) is 3.66. The van der Waals surface area contributed by atoms with Gasteiger partial charge in [-0.15, -0.1) is 11.3 Å². The standard InChI is InChI=1S/C13H13F3N2O2S/c1-19-7-4-3-5-8(20-2)10(7)11(17)9-6-18-12(21-9)13(14,15)16/h3-6,11H,17H2,1-2H3. The summed E-state index contributed by atoms with van der Waals surface area (Å²) < 4.78 is 48.3. The van der Waals surface area contributed by atoms with Crippen molar-refractivity contribution in [1.82, 2.24) is 4.98 Å². The summed E-state index contributed by atoms with van der Waals surface area (Å²) >= 11 is 0.509. The van der Waals surface area contributed by atoms with Crippen LogP contribution in [-0.4, -0.2) is 19.2 Å². The SMILES string of the molecule is COc1cccc(OC)c1C(N)c1cnc(C(F)(F)F)s1. The molecule has 0 aliphatic heterocycles. The Morgan fingerprint density at radius 1 is 1.19 bits per heavy atom. The molecule has 0 aliphatic carbocycles. The number of methoxy groups -OCH3 is 2. The van der Waals surface area contributed by atoms with E-state index in [1.165, 1.54) is 14.2 Å². The Balaban J connectivity index is 2.45. The summed E-state index contributed by atoms with van der Waals surface area (Å²) in [5, 5.41) is -0.929. The van der Waals surface area contributed by atoms with E-state index in [0.717, 1.165) is 6.20 Å². The molecular formula is C13H13F3N2O2S. The Kier molecular flexibility index (Phi) is 4.38. The molecule has 0 radical (unpaired) electrons. The summed E-state index contributed by atoms with van der Waals surface area (Å²) in [6.07, 6.45) is -3.35. The van der Waals surface area contributed by atoms with E-state index in [1.807, 2.05) is 0 Å². The molecular weight excluding hydrogens is 305 g/mol. The molecule has 1 aromatic heterocycles. The van der Waals surface area contributed by atoms with Crippen LogP contribution in [0.15, 0.2) is 24.4 Å². The molecule has 4 nitrogen and oxygen atoms in total. The smallest absolute Gasteiger partial charge is 0.443 e. The zero-order valence-electron chi connectivity index (χ0n) is 11.3. The first-order valence-electron chi connectivity index (χ1n) is 5.88. The fraction of sp³-hybridized carbons (Fsp3) is 0.308. The highest BCUT2D eigenvalue weighted by Crippen LogP contribution is 2.40. The molecule has 0 saturated heterocycles. The van der Waals surface area contributed by atoms with Crippen LogP contribution >= 0.6 is 11.3 Å². The lowest BCUT2D eigenvalue weighted by atomic mass is 10.0. The van der Waals surface area contributed by atoms with Crippen molar-refractivity contribution in [2.45, 2.75) is 12.2 Å². The molecule has 1 heterocycles. The molecule has 0 spiro atoms. The van der Waals surface area contributed by atoms with E-state index in [1.54, 1.807) is 18.2 Å². The number of hydrogen-bond donors (Lipinski definition) is 1. The van der Waals surface area contributed by atoms with Gasteiger partial charge in [-0.3, -0.25) is 0 Å². The van der Waals surface area contributed by atoms with Crippen molar-refractivity contribution in [3.05, 3.63) is 39.8 Å². The quantitative estimate of drug-likeness (QED) is 0.940. The molecule has 0 fully saturated rings. The van der Waals surface area contributed by atoms with Gasteiger partial charge in [-0.2, -0.15) is 13.2 Å². The van der Waals surface area contributed by atoms with Crippen LogP contribution in [0.2, 0.25) is 0 Å². The van der Waals surface area contributed by atoms with Crippen molar-refractivity contribution in [2.75, 3.05) is 14.2 Å². The lowest BCUT2D eigenvalue weighted by Gasteiger charge is -2.17. The number of rotatable bonds is 4. The van der Waals surface area contributed by atoms with Crippen LogP contribution in [0.5, 0.6) is 11.5 Å². The molecule has 2 aromatic rings. The third-order valence-corrected chi connectivity index (χ3v) is 3.97. The fourth-order valence-corrected chi connectivity index (χ4v) is 2.68. The Hall–Kier alpha value is -1.80. The molecule has 0 bridgehead atoms. The highest BCUT2D eigenvalue weighted by atomic mass is 32.1. The minimum atomic E-state index is -4.48. The number of nitrogens with zero attached hydrogens (tertiary/aromatic N) is 1. The van der Waals surface area contributed by atoms with Crippen molar-refractivity contribution >= 4 is 11.3 Å². The summed E-state index contributed by atoms with van der Waals surface area (Å²) in [5.74, 6) is 0.896. The van der Waals surface area contributed by atoms with Gasteiger partial charge >= 0.3 is 6.18 Å². The molecule has 1 aromatic carbocycles. The summed E-state index contributed by atoms with van der Waals surface area (Å²) in [6, 6.07) is 4.24. The molecule has 1 unspecified atom stereocenters. The fourth-order valence-electron chi connectivity index (χ4n) is 1.89. The molecule has 8 heteroatoms. The van der Waals surface area contributed by atoms with Gasteiger partial charge in [-0.25, -0.2) is 4.98 Å². The van der Waals surface area contributed by atoms with Crippen LogP contribution in [0, 0.1) is 0 Å². The molecule has 0 amide bonds. The molecule has 2 N–H and O–H groups in total. The minimum Gasteiger partial charge on any atom is -0.496 e. The van der Waals surface area contributed by atoms with E-state index in [-0.39, 0.29) is 4.88 Å². The Morgan fingerprint density at radius 2 is 1.76 bits per heavy atom. The molecule has 0 aliphatic rings. The zero-order valence-corrected chi connectivity index (χ0v) is 12.1. The van der Waals surface area contributed by atoms with Crippen molar-refractivity contribution in [3.8, 4) is 11.5 Å². The number of thiazole rings is 1. The first kappa shape index (κ1) is 15.6. The van der Waals surface area contributed by atoms with Crippen LogP contribution < -0.4 is 15.2 Å². The Bertz CT molecular complexity index is 606. The number of benzene rings is 1. The molecule has 0 saturated carbocycles. The van der Waals surface area contributed by atoms with Crippen LogP contribution in [0.4, 0.5) is 13.2 Å². The second-order valence-electron chi connectivity index (χ2n) is 4.12. The van der Waals surface area contributed by atoms with Gasteiger partial charge in [-0.1, -0.05) is 6.07 Å². The maximum absolute atomic E-state index is 12.6. The van der Waals surface area contributed by atoms with Crippen molar-refractivity contribution in [1.29, 1.82) is 0 Å². The van der Waals surface area contributed by atoms with E-state index in [9.17, 15) is 13.2 Å². The summed E-state index contributed by atoms with van der Waals surface area (Å²) in [5.41, 5.74) is 6.55. The van der Waals surface area contributed by atoms with Gasteiger partial charge in [0.1, 0.15) is 11.5 Å². The summed E-state index contributed by atoms with van der Waals surface area (Å²) in [7, 11) is 2.91. The third kappa shape index (κ3) is 3.11. The highest BCUT2D eigenvalue weighted by Gasteiger charge is 2.35. The topological polar surface area (TPSA) is 57.4 Å². The maximum atomic E-state index is 12.6. The number of aromatic nitrogens is 1. The molecule has 2 rings (SSSR count). The van der Waals surface area contributed by atoms with Crippen LogP contribution in [0.1, 0.15) is 21.5 Å². The number of halogens is 3. The van der Waals surface area contributed by atoms with Gasteiger partial charge in [0.15, 0.2) is 5.01 Å². The molecule has 114 valence electrons. The monoisotopic (exact) mass is 318 g/mol. The van der Waals surface area contributed by atoms with Crippen LogP contribution in [0.3, 0.4) is 0 Å². The Morgan fingerprint density at radius 3 is 2.19 bits per heavy atom. The highest BCUT2D eigenvalue weighted by molar-refractivity contribution is 7.11. The maximum Gasteiger partial charge on any atom is 0.443 e. The molecule has 1 atom stereocenters. The van der Waals surface area contributed by atoms with Gasteiger partial charge in [0.25, 0.3) is 0 Å². The van der Waals surface area contributed by atoms with E-state index < -0.39 is 17.2 Å². The lowest BCUT2D eigenvalue weighted by molar-refractivity contribution is -0.137. The predicted octanol–water partition coefficient (Wildman–Crippen LogP) is 3.23. The average molecular weight is 318 g/mol. The minimum absolute atomic E-state index is 0.283. The van der Waals surface area contributed by atoms with Crippen molar-refractivity contribution in [2.24, 2.45) is 5.73 Å². The molecule has 21 heavy (non-hydrogen) atoms. The second kappa shape index (κ2) is 5.90. The zero-order chi connectivity index (χ0) is 15.6. The third-order valence-electron chi connectivity index (χ3n) is 2.85. The normalized spacial score (nSPS) is 13.0. The number of hydrogen-bond acceptors (Lipinski definition) is 5. The largest absolute Gasteiger partial charge is 0.496 e.